The Bertz CT molecular complexity index is 359. The van der Waals surface area contributed by atoms with E-state index in [1.807, 2.05) is 19.4 Å². The average Bonchev–Trinajstić information content (AvgIpc) is 3.04. The maximum Gasteiger partial charge on any atom is 0.0948 e. The molecule has 3 heteroatoms. The molecule has 3 rings (SSSR count). The maximum absolute atomic E-state index is 5.93. The fourth-order valence-corrected chi connectivity index (χ4v) is 2.73. The summed E-state index contributed by atoms with van der Waals surface area (Å²) in [6.07, 6.45) is 9.57. The lowest BCUT2D eigenvalue weighted by Crippen LogP contribution is -2.18. The van der Waals surface area contributed by atoms with Crippen molar-refractivity contribution in [3.63, 3.8) is 0 Å². The second-order valence-electron chi connectivity index (χ2n) is 5.37. The third kappa shape index (κ3) is 1.59. The summed E-state index contributed by atoms with van der Waals surface area (Å²) in [7, 11) is 0. The highest BCUT2D eigenvalue weighted by atomic mass is 15.1. The van der Waals surface area contributed by atoms with Crippen molar-refractivity contribution < 1.29 is 0 Å². The van der Waals surface area contributed by atoms with Gasteiger partial charge in [0.2, 0.25) is 0 Å². The topological polar surface area (TPSA) is 43.8 Å². The van der Waals surface area contributed by atoms with Gasteiger partial charge in [0, 0.05) is 18.8 Å². The molecule has 0 spiro atoms. The van der Waals surface area contributed by atoms with E-state index < -0.39 is 0 Å². The standard InChI is InChI=1S/C12H19N3/c1-9(13)11-6-14-8-15(11)7-12(4-5-12)10-2-3-10/h6,8-10H,2-5,7,13H2,1H3/t9-/m0/s1. The van der Waals surface area contributed by atoms with Gasteiger partial charge in [0.25, 0.3) is 0 Å². The molecule has 1 aromatic rings. The van der Waals surface area contributed by atoms with Gasteiger partial charge in [-0.2, -0.15) is 0 Å². The molecule has 1 atom stereocenters. The summed E-state index contributed by atoms with van der Waals surface area (Å²) in [6, 6.07) is 0.0995. The van der Waals surface area contributed by atoms with E-state index in [9.17, 15) is 0 Å². The van der Waals surface area contributed by atoms with Gasteiger partial charge in [-0.05, 0) is 43.9 Å². The van der Waals surface area contributed by atoms with Crippen LogP contribution in [0, 0.1) is 11.3 Å². The maximum atomic E-state index is 5.93. The van der Waals surface area contributed by atoms with Crippen LogP contribution in [0.3, 0.4) is 0 Å². The molecule has 0 aromatic carbocycles. The molecule has 0 unspecified atom stereocenters. The Hall–Kier alpha value is -0.830. The monoisotopic (exact) mass is 205 g/mol. The summed E-state index contributed by atoms with van der Waals surface area (Å²) in [5.74, 6) is 1.00. The summed E-state index contributed by atoms with van der Waals surface area (Å²) in [5, 5.41) is 0. The number of imidazole rings is 1. The van der Waals surface area contributed by atoms with Crippen molar-refractivity contribution in [2.24, 2.45) is 17.1 Å². The minimum absolute atomic E-state index is 0.0995. The van der Waals surface area contributed by atoms with Gasteiger partial charge in [-0.1, -0.05) is 0 Å². The Balaban J connectivity index is 1.78. The van der Waals surface area contributed by atoms with Crippen molar-refractivity contribution in [3.05, 3.63) is 18.2 Å². The zero-order chi connectivity index (χ0) is 10.5. The van der Waals surface area contributed by atoms with Crippen molar-refractivity contribution in [3.8, 4) is 0 Å². The van der Waals surface area contributed by atoms with Gasteiger partial charge in [-0.3, -0.25) is 0 Å². The second kappa shape index (κ2) is 3.08. The third-order valence-corrected chi connectivity index (χ3v) is 4.03. The molecule has 82 valence electrons. The molecular weight excluding hydrogens is 186 g/mol. The Morgan fingerprint density at radius 3 is 2.87 bits per heavy atom. The molecule has 2 aliphatic carbocycles. The van der Waals surface area contributed by atoms with Crippen LogP contribution in [0.5, 0.6) is 0 Å². The lowest BCUT2D eigenvalue weighted by atomic mass is 10.0. The predicted molar refractivity (Wildman–Crippen MR) is 59.2 cm³/mol. The van der Waals surface area contributed by atoms with Crippen LogP contribution in [0.2, 0.25) is 0 Å². The minimum atomic E-state index is 0.0995. The molecule has 0 bridgehead atoms. The van der Waals surface area contributed by atoms with Gasteiger partial charge in [-0.25, -0.2) is 4.98 Å². The normalized spacial score (nSPS) is 25.2. The zero-order valence-corrected chi connectivity index (χ0v) is 9.32. The lowest BCUT2D eigenvalue weighted by molar-refractivity contribution is 0.362. The SMILES string of the molecule is C[C@H](N)c1cncn1CC1(C2CC2)CC1. The Morgan fingerprint density at radius 1 is 1.60 bits per heavy atom. The number of aromatic nitrogens is 2. The van der Waals surface area contributed by atoms with Crippen LogP contribution in [-0.2, 0) is 6.54 Å². The van der Waals surface area contributed by atoms with E-state index in [1.54, 1.807) is 0 Å². The largest absolute Gasteiger partial charge is 0.333 e. The predicted octanol–water partition coefficient (Wildman–Crippen LogP) is 2.09. The van der Waals surface area contributed by atoms with Crippen molar-refractivity contribution >= 4 is 0 Å². The number of nitrogens with two attached hydrogens (primary N) is 1. The van der Waals surface area contributed by atoms with E-state index in [2.05, 4.69) is 9.55 Å². The van der Waals surface area contributed by atoms with Crippen molar-refractivity contribution in [2.75, 3.05) is 0 Å². The molecule has 1 heterocycles. The first kappa shape index (κ1) is 9.40. The average molecular weight is 205 g/mol. The van der Waals surface area contributed by atoms with Gasteiger partial charge in [0.05, 0.1) is 12.0 Å². The molecule has 1 aromatic heterocycles. The summed E-state index contributed by atoms with van der Waals surface area (Å²) < 4.78 is 2.27. The third-order valence-electron chi connectivity index (χ3n) is 4.03. The van der Waals surface area contributed by atoms with E-state index in [-0.39, 0.29) is 6.04 Å². The van der Waals surface area contributed by atoms with E-state index in [1.165, 1.54) is 31.4 Å². The van der Waals surface area contributed by atoms with Crippen molar-refractivity contribution in [1.29, 1.82) is 0 Å². The van der Waals surface area contributed by atoms with Gasteiger partial charge in [-0.15, -0.1) is 0 Å². The van der Waals surface area contributed by atoms with Crippen LogP contribution in [0.4, 0.5) is 0 Å². The smallest absolute Gasteiger partial charge is 0.0948 e. The molecule has 0 amide bonds. The first-order valence-corrected chi connectivity index (χ1v) is 5.97. The molecule has 2 fully saturated rings. The van der Waals surface area contributed by atoms with Crippen molar-refractivity contribution in [2.45, 2.75) is 45.2 Å². The van der Waals surface area contributed by atoms with Crippen LogP contribution in [0.1, 0.15) is 44.3 Å². The highest BCUT2D eigenvalue weighted by molar-refractivity contribution is 5.09. The molecular formula is C12H19N3. The lowest BCUT2D eigenvalue weighted by Gasteiger charge is -2.18. The van der Waals surface area contributed by atoms with Crippen molar-refractivity contribution in [1.82, 2.24) is 9.55 Å². The molecule has 2 aliphatic rings. The Kier molecular flexibility index (Phi) is 1.93. The Labute approximate surface area is 90.7 Å². The molecule has 0 aliphatic heterocycles. The summed E-state index contributed by atoms with van der Waals surface area (Å²) in [4.78, 5) is 4.22. The van der Waals surface area contributed by atoms with E-state index >= 15 is 0 Å². The quantitative estimate of drug-likeness (QED) is 0.818. The van der Waals surface area contributed by atoms with E-state index in [4.69, 9.17) is 5.73 Å². The molecule has 15 heavy (non-hydrogen) atoms. The number of hydrogen-bond acceptors (Lipinski definition) is 2. The van der Waals surface area contributed by atoms with Crippen LogP contribution < -0.4 is 5.73 Å². The first-order valence-electron chi connectivity index (χ1n) is 5.97. The molecule has 2 N–H and O–H groups in total. The summed E-state index contributed by atoms with van der Waals surface area (Å²) in [5.41, 5.74) is 7.74. The fraction of sp³-hybridized carbons (Fsp3) is 0.750. The Morgan fingerprint density at radius 2 is 2.33 bits per heavy atom. The van der Waals surface area contributed by atoms with Gasteiger partial charge >= 0.3 is 0 Å². The summed E-state index contributed by atoms with van der Waals surface area (Å²) in [6.45, 7) is 3.18. The van der Waals surface area contributed by atoms with Gasteiger partial charge in [0.15, 0.2) is 0 Å². The second-order valence-corrected chi connectivity index (χ2v) is 5.37. The molecule has 3 nitrogen and oxygen atoms in total. The molecule has 0 saturated heterocycles. The highest BCUT2D eigenvalue weighted by Crippen LogP contribution is 2.62. The van der Waals surface area contributed by atoms with Crippen LogP contribution in [0.15, 0.2) is 12.5 Å². The van der Waals surface area contributed by atoms with E-state index in [0.29, 0.717) is 5.41 Å². The number of nitrogens with zero attached hydrogens (tertiary/aromatic N) is 2. The fourth-order valence-electron chi connectivity index (χ4n) is 2.73. The van der Waals surface area contributed by atoms with Crippen LogP contribution in [0.25, 0.3) is 0 Å². The number of rotatable bonds is 4. The number of hydrogen-bond donors (Lipinski definition) is 1. The van der Waals surface area contributed by atoms with E-state index in [0.717, 1.165) is 12.5 Å². The van der Waals surface area contributed by atoms with Crippen LogP contribution in [-0.4, -0.2) is 9.55 Å². The van der Waals surface area contributed by atoms with Crippen LogP contribution >= 0.6 is 0 Å². The first-order chi connectivity index (χ1) is 7.21. The minimum Gasteiger partial charge on any atom is -0.333 e. The van der Waals surface area contributed by atoms with Gasteiger partial charge in [0.1, 0.15) is 0 Å². The molecule has 2 saturated carbocycles. The summed E-state index contributed by atoms with van der Waals surface area (Å²) >= 11 is 0. The zero-order valence-electron chi connectivity index (χ0n) is 9.32. The van der Waals surface area contributed by atoms with Gasteiger partial charge < -0.3 is 10.3 Å². The highest BCUT2D eigenvalue weighted by Gasteiger charge is 2.53. The molecule has 0 radical (unpaired) electrons.